The number of hydrogen-bond acceptors (Lipinski definition) is 3. The molecule has 0 aromatic rings. The van der Waals surface area contributed by atoms with Crippen molar-refractivity contribution in [1.29, 1.82) is 0 Å². The second-order valence-corrected chi connectivity index (χ2v) is 1.07. The van der Waals surface area contributed by atoms with Crippen molar-refractivity contribution in [3.8, 4) is 0 Å². The molecule has 0 amide bonds. The zero-order valence-electron chi connectivity index (χ0n) is 4.79. The highest BCUT2D eigenvalue weighted by Gasteiger charge is 2.10. The highest BCUT2D eigenvalue weighted by Crippen LogP contribution is 1.92. The highest BCUT2D eigenvalue weighted by atomic mass is 16.6. The molecule has 1 rings (SSSR count). The van der Waals surface area contributed by atoms with Gasteiger partial charge in [0.1, 0.15) is 0 Å². The zero-order chi connectivity index (χ0) is 7.28. The summed E-state index contributed by atoms with van der Waals surface area (Å²) in [5.74, 6) is -1.16. The standard InChI is InChI=1S/C4H2O3.C2H4/c5-3-1-2-4(6)7-3;1-2/h1-2H;1-2H2. The monoisotopic (exact) mass is 126 g/mol. The molecule has 1 aliphatic rings. The van der Waals surface area contributed by atoms with Gasteiger partial charge in [0, 0.05) is 12.2 Å². The Bertz CT molecular complexity index is 142. The lowest BCUT2D eigenvalue weighted by molar-refractivity contribution is -0.150. The molecule has 1 heterocycles. The van der Waals surface area contributed by atoms with Gasteiger partial charge in [-0.3, -0.25) is 0 Å². The average molecular weight is 126 g/mol. The first-order valence-corrected chi connectivity index (χ1v) is 2.23. The lowest BCUT2D eigenvalue weighted by Gasteiger charge is -1.80. The van der Waals surface area contributed by atoms with Crippen LogP contribution in [0.15, 0.2) is 25.3 Å². The van der Waals surface area contributed by atoms with E-state index in [1.54, 1.807) is 0 Å². The summed E-state index contributed by atoms with van der Waals surface area (Å²) in [7, 11) is 0. The van der Waals surface area contributed by atoms with E-state index in [0.717, 1.165) is 12.2 Å². The van der Waals surface area contributed by atoms with Crippen molar-refractivity contribution in [1.82, 2.24) is 0 Å². The van der Waals surface area contributed by atoms with Gasteiger partial charge in [-0.25, -0.2) is 9.59 Å². The van der Waals surface area contributed by atoms with Crippen molar-refractivity contribution in [3.63, 3.8) is 0 Å². The van der Waals surface area contributed by atoms with E-state index in [1.165, 1.54) is 0 Å². The molecule has 0 saturated carbocycles. The van der Waals surface area contributed by atoms with Crippen molar-refractivity contribution < 1.29 is 14.3 Å². The summed E-state index contributed by atoms with van der Waals surface area (Å²) in [4.78, 5) is 19.8. The van der Waals surface area contributed by atoms with E-state index in [9.17, 15) is 9.59 Å². The van der Waals surface area contributed by atoms with Gasteiger partial charge in [0.2, 0.25) is 0 Å². The molecule has 9 heavy (non-hydrogen) atoms. The van der Waals surface area contributed by atoms with Crippen LogP contribution < -0.4 is 0 Å². The predicted molar refractivity (Wildman–Crippen MR) is 31.5 cm³/mol. The molecular formula is C6H6O3. The van der Waals surface area contributed by atoms with Gasteiger partial charge in [-0.15, -0.1) is 13.2 Å². The third kappa shape index (κ3) is 2.43. The molecule has 0 aliphatic carbocycles. The predicted octanol–water partition coefficient (Wildman–Crippen LogP) is 0.428. The van der Waals surface area contributed by atoms with Gasteiger partial charge in [0.15, 0.2) is 0 Å². The van der Waals surface area contributed by atoms with Crippen LogP contribution in [0.3, 0.4) is 0 Å². The van der Waals surface area contributed by atoms with Crippen LogP contribution in [-0.2, 0) is 14.3 Å². The van der Waals surface area contributed by atoms with E-state index in [0.29, 0.717) is 0 Å². The number of cyclic esters (lactones) is 2. The van der Waals surface area contributed by atoms with E-state index >= 15 is 0 Å². The molecule has 3 nitrogen and oxygen atoms in total. The summed E-state index contributed by atoms with van der Waals surface area (Å²) >= 11 is 0. The number of ether oxygens (including phenoxy) is 1. The van der Waals surface area contributed by atoms with Crippen molar-refractivity contribution >= 4 is 11.9 Å². The first kappa shape index (κ1) is 7.62. The fourth-order valence-electron chi connectivity index (χ4n) is 0.303. The van der Waals surface area contributed by atoms with Gasteiger partial charge in [-0.1, -0.05) is 0 Å². The second-order valence-electron chi connectivity index (χ2n) is 1.07. The molecule has 0 unspecified atom stereocenters. The third-order valence-corrected chi connectivity index (χ3v) is 0.557. The summed E-state index contributed by atoms with van der Waals surface area (Å²) in [6.07, 6.45) is 2.17. The highest BCUT2D eigenvalue weighted by molar-refractivity contribution is 6.04. The van der Waals surface area contributed by atoms with Crippen LogP contribution in [0, 0.1) is 0 Å². The van der Waals surface area contributed by atoms with Crippen LogP contribution in [0.5, 0.6) is 0 Å². The first-order chi connectivity index (χ1) is 4.29. The van der Waals surface area contributed by atoms with E-state index in [1.807, 2.05) is 0 Å². The second kappa shape index (κ2) is 3.60. The van der Waals surface area contributed by atoms with Crippen LogP contribution in [0.2, 0.25) is 0 Å². The number of carbonyl (C=O) groups excluding carboxylic acids is 2. The van der Waals surface area contributed by atoms with Gasteiger partial charge >= 0.3 is 11.9 Å². The molecule has 0 spiro atoms. The fraction of sp³-hybridized carbons (Fsp3) is 0. The van der Waals surface area contributed by atoms with Gasteiger partial charge in [0.05, 0.1) is 0 Å². The Morgan fingerprint density at radius 1 is 1.11 bits per heavy atom. The summed E-state index contributed by atoms with van der Waals surface area (Å²) in [6, 6.07) is 0. The average Bonchev–Trinajstić information content (AvgIpc) is 2.20. The van der Waals surface area contributed by atoms with Crippen molar-refractivity contribution in [3.05, 3.63) is 25.3 Å². The van der Waals surface area contributed by atoms with Crippen molar-refractivity contribution in [2.75, 3.05) is 0 Å². The normalized spacial score (nSPS) is 14.2. The van der Waals surface area contributed by atoms with Gasteiger partial charge in [-0.2, -0.15) is 0 Å². The van der Waals surface area contributed by atoms with Gasteiger partial charge < -0.3 is 4.74 Å². The largest absolute Gasteiger partial charge is 0.387 e. The molecule has 0 saturated heterocycles. The zero-order valence-corrected chi connectivity index (χ0v) is 4.79. The maximum atomic E-state index is 9.92. The minimum Gasteiger partial charge on any atom is -0.387 e. The van der Waals surface area contributed by atoms with Crippen LogP contribution in [-0.4, -0.2) is 11.9 Å². The summed E-state index contributed by atoms with van der Waals surface area (Å²) in [5, 5.41) is 0. The summed E-state index contributed by atoms with van der Waals surface area (Å²) < 4.78 is 3.97. The molecule has 3 heteroatoms. The number of carbonyl (C=O) groups is 2. The molecule has 0 N–H and O–H groups in total. The Hall–Kier alpha value is -1.38. The Balaban J connectivity index is 0.000000291. The van der Waals surface area contributed by atoms with Crippen molar-refractivity contribution in [2.45, 2.75) is 0 Å². The van der Waals surface area contributed by atoms with E-state index in [2.05, 4.69) is 17.9 Å². The molecule has 0 atom stereocenters. The van der Waals surface area contributed by atoms with Crippen LogP contribution in [0.4, 0.5) is 0 Å². The Labute approximate surface area is 52.6 Å². The van der Waals surface area contributed by atoms with Gasteiger partial charge in [-0.05, 0) is 0 Å². The summed E-state index contributed by atoms with van der Waals surface area (Å²) in [5.41, 5.74) is 0. The third-order valence-electron chi connectivity index (χ3n) is 0.557. The van der Waals surface area contributed by atoms with Crippen molar-refractivity contribution in [2.24, 2.45) is 0 Å². The smallest absolute Gasteiger partial charge is 0.338 e. The Kier molecular flexibility index (Phi) is 3.05. The molecule has 48 valence electrons. The van der Waals surface area contributed by atoms with E-state index in [4.69, 9.17) is 0 Å². The topological polar surface area (TPSA) is 43.4 Å². The number of hydrogen-bond donors (Lipinski definition) is 0. The maximum Gasteiger partial charge on any atom is 0.338 e. The lowest BCUT2D eigenvalue weighted by atomic mass is 10.6. The molecule has 0 fully saturated rings. The van der Waals surface area contributed by atoms with E-state index in [-0.39, 0.29) is 0 Å². The van der Waals surface area contributed by atoms with Gasteiger partial charge in [0.25, 0.3) is 0 Å². The lowest BCUT2D eigenvalue weighted by Crippen LogP contribution is -1.96. The van der Waals surface area contributed by atoms with Crippen LogP contribution in [0.25, 0.3) is 0 Å². The van der Waals surface area contributed by atoms with Crippen LogP contribution >= 0.6 is 0 Å². The Morgan fingerprint density at radius 2 is 1.44 bits per heavy atom. The molecule has 1 aliphatic heterocycles. The number of rotatable bonds is 0. The SMILES string of the molecule is C=C.O=C1C=CC(=O)O1. The quantitative estimate of drug-likeness (QED) is 0.268. The minimum absolute atomic E-state index is 0.579. The van der Waals surface area contributed by atoms with Crippen LogP contribution in [0.1, 0.15) is 0 Å². The number of esters is 2. The summed E-state index contributed by atoms with van der Waals surface area (Å²) in [6.45, 7) is 6.00. The molecule has 0 radical (unpaired) electrons. The maximum absolute atomic E-state index is 9.92. The molecule has 0 aromatic heterocycles. The molecule has 0 aromatic carbocycles. The fourth-order valence-corrected chi connectivity index (χ4v) is 0.303. The first-order valence-electron chi connectivity index (χ1n) is 2.23. The molecular weight excluding hydrogens is 120 g/mol. The Morgan fingerprint density at radius 3 is 1.56 bits per heavy atom. The minimum atomic E-state index is -0.579. The van der Waals surface area contributed by atoms with E-state index < -0.39 is 11.9 Å². The molecule has 0 bridgehead atoms.